The maximum Gasteiger partial charge on any atom is 0.224 e. The minimum absolute atomic E-state index is 0.0722. The topological polar surface area (TPSA) is 57.8 Å². The lowest BCUT2D eigenvalue weighted by Crippen LogP contribution is -2.11. The van der Waals surface area contributed by atoms with E-state index in [1.807, 2.05) is 42.5 Å². The maximum atomic E-state index is 12.1. The Balaban J connectivity index is 1.75. The molecule has 0 radical (unpaired) electrons. The number of fused-ring (bicyclic) bond motifs is 1. The molecule has 132 valence electrons. The highest BCUT2D eigenvalue weighted by molar-refractivity contribution is 5.93. The predicted molar refractivity (Wildman–Crippen MR) is 105 cm³/mol. The zero-order chi connectivity index (χ0) is 18.4. The van der Waals surface area contributed by atoms with E-state index in [0.717, 1.165) is 48.0 Å². The van der Waals surface area contributed by atoms with Gasteiger partial charge in [0.15, 0.2) is 0 Å². The van der Waals surface area contributed by atoms with Crippen molar-refractivity contribution in [3.63, 3.8) is 0 Å². The lowest BCUT2D eigenvalue weighted by atomic mass is 10.1. The molecule has 0 spiro atoms. The minimum Gasteiger partial charge on any atom is -0.343 e. The Hall–Kier alpha value is -3.06. The van der Waals surface area contributed by atoms with Crippen LogP contribution in [0.2, 0.25) is 0 Å². The van der Waals surface area contributed by atoms with Crippen LogP contribution in [-0.4, -0.2) is 10.5 Å². The molecule has 0 unspecified atom stereocenters. The monoisotopic (exact) mass is 345 g/mol. The van der Waals surface area contributed by atoms with Gasteiger partial charge in [-0.25, -0.2) is 0 Å². The molecule has 26 heavy (non-hydrogen) atoms. The van der Waals surface area contributed by atoms with Crippen LogP contribution in [0, 0.1) is 11.3 Å². The van der Waals surface area contributed by atoms with Crippen LogP contribution in [0.15, 0.2) is 54.7 Å². The number of anilines is 1. The molecule has 4 nitrogen and oxygen atoms in total. The Morgan fingerprint density at radius 3 is 2.65 bits per heavy atom. The molecule has 0 atom stereocenters. The van der Waals surface area contributed by atoms with Gasteiger partial charge in [-0.2, -0.15) is 5.26 Å². The van der Waals surface area contributed by atoms with E-state index in [2.05, 4.69) is 35.1 Å². The lowest BCUT2D eigenvalue weighted by Gasteiger charge is -2.09. The van der Waals surface area contributed by atoms with Crippen molar-refractivity contribution >= 4 is 22.5 Å². The van der Waals surface area contributed by atoms with Crippen molar-refractivity contribution in [2.24, 2.45) is 0 Å². The normalized spacial score (nSPS) is 10.6. The fourth-order valence-electron chi connectivity index (χ4n) is 3.04. The Morgan fingerprint density at radius 1 is 1.12 bits per heavy atom. The van der Waals surface area contributed by atoms with Gasteiger partial charge in [0.1, 0.15) is 0 Å². The van der Waals surface area contributed by atoms with Crippen molar-refractivity contribution in [1.29, 1.82) is 5.26 Å². The van der Waals surface area contributed by atoms with Gasteiger partial charge in [0, 0.05) is 24.8 Å². The van der Waals surface area contributed by atoms with E-state index in [-0.39, 0.29) is 5.91 Å². The summed E-state index contributed by atoms with van der Waals surface area (Å²) in [4.78, 5) is 12.1. The zero-order valence-electron chi connectivity index (χ0n) is 15.0. The van der Waals surface area contributed by atoms with Crippen LogP contribution in [0.4, 0.5) is 5.69 Å². The van der Waals surface area contributed by atoms with Crippen molar-refractivity contribution in [2.45, 2.75) is 39.2 Å². The van der Waals surface area contributed by atoms with Gasteiger partial charge in [-0.15, -0.1) is 0 Å². The number of benzene rings is 2. The van der Waals surface area contributed by atoms with Crippen molar-refractivity contribution in [2.75, 3.05) is 5.32 Å². The second-order valence-electron chi connectivity index (χ2n) is 6.53. The first-order valence-corrected chi connectivity index (χ1v) is 9.07. The number of carbonyl (C=O) groups is 1. The van der Waals surface area contributed by atoms with E-state index >= 15 is 0 Å². The van der Waals surface area contributed by atoms with Crippen molar-refractivity contribution in [3.8, 4) is 6.07 Å². The van der Waals surface area contributed by atoms with Crippen LogP contribution in [0.25, 0.3) is 10.9 Å². The van der Waals surface area contributed by atoms with Crippen LogP contribution in [0.5, 0.6) is 0 Å². The van der Waals surface area contributed by atoms with Crippen LogP contribution in [-0.2, 0) is 11.3 Å². The van der Waals surface area contributed by atoms with Gasteiger partial charge in [0.25, 0.3) is 0 Å². The molecule has 2 aromatic carbocycles. The van der Waals surface area contributed by atoms with E-state index in [9.17, 15) is 4.79 Å². The van der Waals surface area contributed by atoms with E-state index in [0.29, 0.717) is 12.0 Å². The van der Waals surface area contributed by atoms with E-state index in [1.165, 1.54) is 0 Å². The SMILES string of the molecule is CCCCCC(=O)Nc1ccc2ccn(Cc3ccc(C#N)cc3)c2c1. The minimum atomic E-state index is 0.0722. The smallest absolute Gasteiger partial charge is 0.224 e. The molecular formula is C22H23N3O. The quantitative estimate of drug-likeness (QED) is 0.607. The molecule has 1 amide bonds. The summed E-state index contributed by atoms with van der Waals surface area (Å²) in [6, 6.07) is 17.8. The summed E-state index contributed by atoms with van der Waals surface area (Å²) in [6.45, 7) is 2.86. The molecule has 4 heteroatoms. The number of carbonyl (C=O) groups excluding carboxylic acids is 1. The number of nitriles is 1. The number of rotatable bonds is 7. The third-order valence-electron chi connectivity index (χ3n) is 4.50. The van der Waals surface area contributed by atoms with Crippen LogP contribution in [0.3, 0.4) is 0 Å². The fourth-order valence-corrected chi connectivity index (χ4v) is 3.04. The molecule has 1 heterocycles. The number of hydrogen-bond donors (Lipinski definition) is 1. The second-order valence-corrected chi connectivity index (χ2v) is 6.53. The molecule has 0 bridgehead atoms. The Labute approximate surface area is 154 Å². The number of unbranched alkanes of at least 4 members (excludes halogenated alkanes) is 2. The molecule has 0 fully saturated rings. The molecule has 0 saturated carbocycles. The van der Waals surface area contributed by atoms with E-state index in [4.69, 9.17) is 5.26 Å². The summed E-state index contributed by atoms with van der Waals surface area (Å²) in [6.07, 6.45) is 5.75. The molecule has 0 saturated heterocycles. The number of nitrogens with zero attached hydrogens (tertiary/aromatic N) is 2. The Morgan fingerprint density at radius 2 is 1.92 bits per heavy atom. The lowest BCUT2D eigenvalue weighted by molar-refractivity contribution is -0.116. The average molecular weight is 345 g/mol. The Kier molecular flexibility index (Phi) is 5.70. The van der Waals surface area contributed by atoms with Crippen LogP contribution < -0.4 is 5.32 Å². The van der Waals surface area contributed by atoms with Crippen molar-refractivity contribution in [3.05, 3.63) is 65.9 Å². The molecule has 0 aliphatic heterocycles. The third-order valence-corrected chi connectivity index (χ3v) is 4.50. The predicted octanol–water partition coefficient (Wildman–Crippen LogP) is 5.08. The van der Waals surface area contributed by atoms with Gasteiger partial charge in [0.2, 0.25) is 5.91 Å². The molecular weight excluding hydrogens is 322 g/mol. The van der Waals surface area contributed by atoms with Gasteiger partial charge < -0.3 is 9.88 Å². The summed E-state index contributed by atoms with van der Waals surface area (Å²) >= 11 is 0. The first kappa shape index (κ1) is 17.8. The number of hydrogen-bond acceptors (Lipinski definition) is 2. The van der Waals surface area contributed by atoms with Crippen molar-refractivity contribution < 1.29 is 4.79 Å². The highest BCUT2D eigenvalue weighted by Crippen LogP contribution is 2.22. The first-order chi connectivity index (χ1) is 12.7. The van der Waals surface area contributed by atoms with Gasteiger partial charge in [-0.1, -0.05) is 38.0 Å². The number of aromatic nitrogens is 1. The largest absolute Gasteiger partial charge is 0.343 e. The van der Waals surface area contributed by atoms with Crippen LogP contribution >= 0.6 is 0 Å². The summed E-state index contributed by atoms with van der Waals surface area (Å²) in [5.41, 5.74) is 3.72. The molecule has 3 aromatic rings. The molecule has 0 aliphatic carbocycles. The Bertz CT molecular complexity index is 932. The first-order valence-electron chi connectivity index (χ1n) is 9.07. The highest BCUT2D eigenvalue weighted by Gasteiger charge is 2.06. The van der Waals surface area contributed by atoms with Gasteiger partial charge in [-0.3, -0.25) is 4.79 Å². The number of nitrogens with one attached hydrogen (secondary N) is 1. The second kappa shape index (κ2) is 8.35. The van der Waals surface area contributed by atoms with E-state index in [1.54, 1.807) is 0 Å². The fraction of sp³-hybridized carbons (Fsp3) is 0.273. The third kappa shape index (κ3) is 4.31. The standard InChI is InChI=1S/C22H23N3O/c1-2-3-4-5-22(26)24-20-11-10-19-12-13-25(21(19)14-20)16-18-8-6-17(15-23)7-9-18/h6-14H,2-5,16H2,1H3,(H,24,26). The van der Waals surface area contributed by atoms with E-state index < -0.39 is 0 Å². The van der Waals surface area contributed by atoms with Gasteiger partial charge in [0.05, 0.1) is 17.1 Å². The summed E-state index contributed by atoms with van der Waals surface area (Å²) in [5.74, 6) is 0.0722. The molecule has 0 aliphatic rings. The zero-order valence-corrected chi connectivity index (χ0v) is 15.0. The molecule has 1 N–H and O–H groups in total. The van der Waals surface area contributed by atoms with Gasteiger partial charge >= 0.3 is 0 Å². The number of amides is 1. The van der Waals surface area contributed by atoms with Crippen molar-refractivity contribution in [1.82, 2.24) is 4.57 Å². The molecule has 3 rings (SSSR count). The van der Waals surface area contributed by atoms with Gasteiger partial charge in [-0.05, 0) is 47.7 Å². The summed E-state index contributed by atoms with van der Waals surface area (Å²) in [7, 11) is 0. The van der Waals surface area contributed by atoms with Crippen LogP contribution in [0.1, 0.15) is 43.7 Å². The molecule has 1 aromatic heterocycles. The summed E-state index contributed by atoms with van der Waals surface area (Å²) < 4.78 is 2.16. The average Bonchev–Trinajstić information content (AvgIpc) is 3.05. The summed E-state index contributed by atoms with van der Waals surface area (Å²) in [5, 5.41) is 13.0. The maximum absolute atomic E-state index is 12.1. The highest BCUT2D eigenvalue weighted by atomic mass is 16.1.